The van der Waals surface area contributed by atoms with Gasteiger partial charge in [0.15, 0.2) is 0 Å². The molecule has 0 radical (unpaired) electrons. The zero-order valence-corrected chi connectivity index (χ0v) is 14.5. The fourth-order valence-corrected chi connectivity index (χ4v) is 3.42. The van der Waals surface area contributed by atoms with E-state index >= 15 is 0 Å². The molecule has 0 aliphatic rings. The minimum atomic E-state index is -3.81. The highest BCUT2D eigenvalue weighted by atomic mass is 32.2. The van der Waals surface area contributed by atoms with Crippen molar-refractivity contribution < 1.29 is 8.42 Å². The van der Waals surface area contributed by atoms with Crippen LogP contribution in [0.2, 0.25) is 0 Å². The Labute approximate surface area is 150 Å². The molecule has 0 saturated carbocycles. The van der Waals surface area contributed by atoms with E-state index in [0.29, 0.717) is 28.3 Å². The topological polar surface area (TPSA) is 116 Å². The van der Waals surface area contributed by atoms with E-state index in [1.54, 1.807) is 31.2 Å². The summed E-state index contributed by atoms with van der Waals surface area (Å²) in [5.74, 6) is 0.356. The number of nitriles is 1. The van der Waals surface area contributed by atoms with Crippen molar-refractivity contribution in [1.82, 2.24) is 9.97 Å². The van der Waals surface area contributed by atoms with Crippen LogP contribution in [-0.2, 0) is 10.0 Å². The first-order valence-corrected chi connectivity index (χ1v) is 9.07. The average Bonchev–Trinajstić information content (AvgIpc) is 2.61. The molecule has 0 spiro atoms. The second-order valence-electron chi connectivity index (χ2n) is 5.56. The van der Waals surface area contributed by atoms with Crippen molar-refractivity contribution in [3.05, 3.63) is 76.2 Å². The molecule has 0 amide bonds. The van der Waals surface area contributed by atoms with Gasteiger partial charge in [0.05, 0.1) is 16.5 Å². The minimum Gasteiger partial charge on any atom is -0.307 e. The molecule has 130 valence electrons. The van der Waals surface area contributed by atoms with E-state index in [-0.39, 0.29) is 10.5 Å². The minimum absolute atomic E-state index is 0.0454. The van der Waals surface area contributed by atoms with E-state index < -0.39 is 10.0 Å². The fourth-order valence-electron chi connectivity index (χ4n) is 2.37. The number of nitrogens with one attached hydrogen (secondary N) is 2. The van der Waals surface area contributed by atoms with Crippen molar-refractivity contribution in [3.63, 3.8) is 0 Å². The number of aromatic nitrogens is 2. The monoisotopic (exact) mass is 366 g/mol. The van der Waals surface area contributed by atoms with Gasteiger partial charge in [0.2, 0.25) is 0 Å². The fraction of sp³-hybridized carbons (Fsp3) is 0.0556. The molecular weight excluding hydrogens is 352 g/mol. The molecular formula is C18H14N4O3S. The van der Waals surface area contributed by atoms with Gasteiger partial charge in [0.25, 0.3) is 15.6 Å². The summed E-state index contributed by atoms with van der Waals surface area (Å²) < 4.78 is 27.5. The lowest BCUT2D eigenvalue weighted by molar-refractivity contribution is 0.601. The third-order valence-corrected chi connectivity index (χ3v) is 4.95. The molecule has 0 aliphatic heterocycles. The molecule has 1 heterocycles. The van der Waals surface area contributed by atoms with Crippen molar-refractivity contribution in [1.29, 1.82) is 5.26 Å². The van der Waals surface area contributed by atoms with Crippen molar-refractivity contribution in [2.24, 2.45) is 0 Å². The summed E-state index contributed by atoms with van der Waals surface area (Å²) in [6.07, 6.45) is 0. The summed E-state index contributed by atoms with van der Waals surface area (Å²) in [5, 5.41) is 8.80. The first-order chi connectivity index (χ1) is 12.4. The Morgan fingerprint density at radius 2 is 1.85 bits per heavy atom. The summed E-state index contributed by atoms with van der Waals surface area (Å²) in [7, 11) is -3.81. The van der Waals surface area contributed by atoms with Crippen LogP contribution in [0.5, 0.6) is 0 Å². The molecule has 3 rings (SSSR count). The van der Waals surface area contributed by atoms with Crippen LogP contribution in [0, 0.1) is 18.3 Å². The Balaban J connectivity index is 1.93. The second-order valence-corrected chi connectivity index (χ2v) is 7.24. The van der Waals surface area contributed by atoms with Crippen LogP contribution in [0.25, 0.3) is 11.4 Å². The Bertz CT molecular complexity index is 1160. The van der Waals surface area contributed by atoms with E-state index in [4.69, 9.17) is 5.26 Å². The SMILES string of the molecule is Cc1cc(=O)[nH]c(-c2cccc(NS(=O)(=O)c3ccc(C#N)cc3)c2)n1. The normalized spacial score (nSPS) is 10.9. The largest absolute Gasteiger partial charge is 0.307 e. The highest BCUT2D eigenvalue weighted by Crippen LogP contribution is 2.21. The first-order valence-electron chi connectivity index (χ1n) is 7.59. The predicted molar refractivity (Wildman–Crippen MR) is 97.0 cm³/mol. The highest BCUT2D eigenvalue weighted by Gasteiger charge is 2.14. The summed E-state index contributed by atoms with van der Waals surface area (Å²) >= 11 is 0. The molecule has 2 N–H and O–H groups in total. The second kappa shape index (κ2) is 6.82. The van der Waals surface area contributed by atoms with E-state index in [1.165, 1.54) is 30.3 Å². The molecule has 0 fully saturated rings. The Hall–Kier alpha value is -3.44. The van der Waals surface area contributed by atoms with Gasteiger partial charge in [-0.1, -0.05) is 12.1 Å². The lowest BCUT2D eigenvalue weighted by Gasteiger charge is -2.10. The van der Waals surface area contributed by atoms with Crippen molar-refractivity contribution in [2.45, 2.75) is 11.8 Å². The molecule has 0 atom stereocenters. The van der Waals surface area contributed by atoms with Gasteiger partial charge in [0, 0.05) is 23.0 Å². The van der Waals surface area contributed by atoms with Gasteiger partial charge in [-0.05, 0) is 43.3 Å². The predicted octanol–water partition coefficient (Wildman–Crippen LogP) is 2.42. The zero-order valence-electron chi connectivity index (χ0n) is 13.7. The summed E-state index contributed by atoms with van der Waals surface area (Å²) in [6.45, 7) is 1.70. The van der Waals surface area contributed by atoms with Crippen LogP contribution in [-0.4, -0.2) is 18.4 Å². The van der Waals surface area contributed by atoms with Crippen LogP contribution in [0.15, 0.2) is 64.3 Å². The molecule has 0 saturated heterocycles. The van der Waals surface area contributed by atoms with Crippen LogP contribution in [0.4, 0.5) is 5.69 Å². The third kappa shape index (κ3) is 3.79. The smallest absolute Gasteiger partial charge is 0.261 e. The third-order valence-electron chi connectivity index (χ3n) is 3.55. The van der Waals surface area contributed by atoms with Gasteiger partial charge in [-0.3, -0.25) is 9.52 Å². The maximum Gasteiger partial charge on any atom is 0.261 e. The molecule has 26 heavy (non-hydrogen) atoms. The number of hydrogen-bond acceptors (Lipinski definition) is 5. The molecule has 3 aromatic rings. The number of aromatic amines is 1. The molecule has 1 aromatic heterocycles. The molecule has 0 bridgehead atoms. The van der Waals surface area contributed by atoms with Gasteiger partial charge >= 0.3 is 0 Å². The van der Waals surface area contributed by atoms with Crippen LogP contribution < -0.4 is 10.3 Å². The molecule has 8 heteroatoms. The van der Waals surface area contributed by atoms with E-state index in [1.807, 2.05) is 6.07 Å². The average molecular weight is 366 g/mol. The summed E-state index contributed by atoms with van der Waals surface area (Å²) in [4.78, 5) is 18.5. The number of H-pyrrole nitrogens is 1. The standard InChI is InChI=1S/C18H14N4O3S/c1-12-9-17(23)21-18(20-12)14-3-2-4-15(10-14)22-26(24,25)16-7-5-13(11-19)6-8-16/h2-10,22H,1H3,(H,20,21,23). The summed E-state index contributed by atoms with van der Waals surface area (Å²) in [5.41, 5.74) is 1.56. The number of anilines is 1. The first kappa shape index (κ1) is 17.4. The van der Waals surface area contributed by atoms with Crippen LogP contribution >= 0.6 is 0 Å². The maximum absolute atomic E-state index is 12.5. The van der Waals surface area contributed by atoms with Crippen molar-refractivity contribution >= 4 is 15.7 Å². The molecule has 0 aliphatic carbocycles. The van der Waals surface area contributed by atoms with E-state index in [9.17, 15) is 13.2 Å². The number of hydrogen-bond donors (Lipinski definition) is 2. The van der Waals surface area contributed by atoms with Gasteiger partial charge in [-0.15, -0.1) is 0 Å². The van der Waals surface area contributed by atoms with Crippen molar-refractivity contribution in [3.8, 4) is 17.5 Å². The Morgan fingerprint density at radius 1 is 1.12 bits per heavy atom. The van der Waals surface area contributed by atoms with E-state index in [0.717, 1.165) is 0 Å². The van der Waals surface area contributed by atoms with Gasteiger partial charge in [-0.25, -0.2) is 13.4 Å². The quantitative estimate of drug-likeness (QED) is 0.736. The molecule has 7 nitrogen and oxygen atoms in total. The van der Waals surface area contributed by atoms with Gasteiger partial charge in [-0.2, -0.15) is 5.26 Å². The number of sulfonamides is 1. The van der Waals surface area contributed by atoms with Gasteiger partial charge in [0.1, 0.15) is 5.82 Å². The lowest BCUT2D eigenvalue weighted by atomic mass is 10.2. The van der Waals surface area contributed by atoms with E-state index in [2.05, 4.69) is 14.7 Å². The van der Waals surface area contributed by atoms with Crippen LogP contribution in [0.3, 0.4) is 0 Å². The Morgan fingerprint density at radius 3 is 2.50 bits per heavy atom. The van der Waals surface area contributed by atoms with Crippen LogP contribution in [0.1, 0.15) is 11.3 Å². The zero-order chi connectivity index (χ0) is 18.7. The number of rotatable bonds is 4. The molecule has 0 unspecified atom stereocenters. The summed E-state index contributed by atoms with van der Waals surface area (Å²) in [6, 6.07) is 15.5. The van der Waals surface area contributed by atoms with Gasteiger partial charge < -0.3 is 4.98 Å². The lowest BCUT2D eigenvalue weighted by Crippen LogP contribution is -2.13. The number of nitrogens with zero attached hydrogens (tertiary/aromatic N) is 2. The number of aryl methyl sites for hydroxylation is 1. The maximum atomic E-state index is 12.5. The Kier molecular flexibility index (Phi) is 4.56. The number of benzene rings is 2. The molecule has 2 aromatic carbocycles. The highest BCUT2D eigenvalue weighted by molar-refractivity contribution is 7.92. The van der Waals surface area contributed by atoms with Crippen molar-refractivity contribution in [2.75, 3.05) is 4.72 Å².